The van der Waals surface area contributed by atoms with Crippen LogP contribution in [-0.4, -0.2) is 19.6 Å². The molecule has 5 rings (SSSR count). The van der Waals surface area contributed by atoms with Gasteiger partial charge in [-0.2, -0.15) is 0 Å². The number of rotatable bonds is 7. The fraction of sp³-hybridized carbons (Fsp3) is 0.118. The third-order valence-electron chi connectivity index (χ3n) is 6.37. The third kappa shape index (κ3) is 6.10. The van der Waals surface area contributed by atoms with Crippen molar-refractivity contribution < 1.29 is 25.7 Å². The van der Waals surface area contributed by atoms with Gasteiger partial charge < -0.3 is 0 Å². The van der Waals surface area contributed by atoms with E-state index in [0.29, 0.717) is 0 Å². The molecular weight excluding hydrogens is 591 g/mol. The summed E-state index contributed by atoms with van der Waals surface area (Å²) in [7, 11) is 7.04. The van der Waals surface area contributed by atoms with Crippen molar-refractivity contribution in [1.82, 2.24) is 5.32 Å². The molecule has 1 aliphatic rings. The summed E-state index contributed by atoms with van der Waals surface area (Å²) in [5, 5.41) is 4.04. The molecule has 0 spiro atoms. The topological polar surface area (TPSA) is 46.2 Å². The molecule has 4 aromatic carbocycles. The van der Waals surface area contributed by atoms with Crippen LogP contribution in [0.25, 0.3) is 16.7 Å². The standard InChI is InChI=1S/C32H28N.2CO.ClH.Ru/c1-24(2)33-32(28-21-13-6-14-22-28)23-29(25-15-7-3-8-16-25)30(26-17-9-4-10-18-26)31(32)27-19-11-5-12-20-27;2*1-2;;/h3-22,24,33H,1-2H3;;;1H;/q;;;;+1/p-1. The Balaban J connectivity index is 0.00000100. The molecule has 1 atom stereocenters. The second kappa shape index (κ2) is 14.7. The number of carbonyl (C=O) groups excluding carboxylic acids is 2. The van der Waals surface area contributed by atoms with E-state index in [0.717, 1.165) is 0 Å². The van der Waals surface area contributed by atoms with E-state index in [-0.39, 0.29) is 6.04 Å². The third-order valence-corrected chi connectivity index (χ3v) is 8.58. The summed E-state index contributed by atoms with van der Waals surface area (Å²) in [6.45, 7) is 13.4. The molecule has 0 aliphatic heterocycles. The van der Waals surface area contributed by atoms with Gasteiger partial charge in [-0.3, -0.25) is 9.59 Å². The Bertz CT molecular complexity index is 1390. The molecule has 0 amide bonds. The number of allylic oxidation sites excluding steroid dienone is 2. The summed E-state index contributed by atoms with van der Waals surface area (Å²) >= 11 is -0.580. The molecule has 39 heavy (non-hydrogen) atoms. The number of halogens is 1. The van der Waals surface area contributed by atoms with E-state index in [1.807, 2.05) is 0 Å². The van der Waals surface area contributed by atoms with Crippen molar-refractivity contribution in [2.45, 2.75) is 25.4 Å². The van der Waals surface area contributed by atoms with Crippen molar-refractivity contribution in [2.24, 2.45) is 0 Å². The summed E-state index contributed by atoms with van der Waals surface area (Å²) in [6.07, 6.45) is 0. The van der Waals surface area contributed by atoms with Crippen LogP contribution in [0.5, 0.6) is 0 Å². The van der Waals surface area contributed by atoms with Gasteiger partial charge in [0.1, 0.15) is 0 Å². The Kier molecular flexibility index (Phi) is 11.3. The minimum Gasteiger partial charge on any atom is -0.281 e. The van der Waals surface area contributed by atoms with Crippen molar-refractivity contribution in [2.75, 3.05) is 0 Å². The molecule has 1 unspecified atom stereocenters. The van der Waals surface area contributed by atoms with Crippen LogP contribution in [0.3, 0.4) is 0 Å². The van der Waals surface area contributed by atoms with Gasteiger partial charge in [-0.05, 0) is 0 Å². The van der Waals surface area contributed by atoms with Crippen molar-refractivity contribution in [3.63, 3.8) is 0 Å². The van der Waals surface area contributed by atoms with Gasteiger partial charge >= 0.3 is 221 Å². The monoisotopic (exact) mass is 619 g/mol. The second-order valence-electron chi connectivity index (χ2n) is 9.01. The predicted octanol–water partition coefficient (Wildman–Crippen LogP) is 7.36. The number of hydrogen-bond donors (Lipinski definition) is 1. The van der Waals surface area contributed by atoms with Crippen LogP contribution in [-0.2, 0) is 31.3 Å². The summed E-state index contributed by atoms with van der Waals surface area (Å²) in [6, 6.07) is 43.4. The number of benzene rings is 4. The van der Waals surface area contributed by atoms with Gasteiger partial charge in [0, 0.05) is 0 Å². The van der Waals surface area contributed by atoms with E-state index in [2.05, 4.69) is 154 Å². The van der Waals surface area contributed by atoms with Crippen LogP contribution in [0.2, 0.25) is 0 Å². The first-order valence-electron chi connectivity index (χ1n) is 12.3. The van der Waals surface area contributed by atoms with Gasteiger partial charge in [0.25, 0.3) is 13.6 Å². The van der Waals surface area contributed by atoms with E-state index >= 15 is 0 Å². The van der Waals surface area contributed by atoms with Crippen LogP contribution in [0, 0.1) is 0 Å². The first-order chi connectivity index (χ1) is 19.2. The van der Waals surface area contributed by atoms with Gasteiger partial charge in [-0.25, -0.2) is 0 Å². The molecule has 1 aliphatic carbocycles. The van der Waals surface area contributed by atoms with Crippen LogP contribution in [0.4, 0.5) is 0 Å². The van der Waals surface area contributed by atoms with E-state index in [1.54, 1.807) is 0 Å². The normalized spacial score (nSPS) is 16.4. The van der Waals surface area contributed by atoms with Crippen molar-refractivity contribution in [3.8, 4) is 0 Å². The van der Waals surface area contributed by atoms with Crippen LogP contribution < -0.4 is 5.32 Å². The van der Waals surface area contributed by atoms with E-state index < -0.39 is 21.7 Å². The van der Waals surface area contributed by atoms with Crippen molar-refractivity contribution in [1.29, 1.82) is 0 Å². The van der Waals surface area contributed by atoms with Crippen molar-refractivity contribution in [3.05, 3.63) is 148 Å². The van der Waals surface area contributed by atoms with Crippen LogP contribution in [0.1, 0.15) is 36.1 Å². The van der Waals surface area contributed by atoms with E-state index in [4.69, 9.17) is 19.3 Å². The predicted molar refractivity (Wildman–Crippen MR) is 157 cm³/mol. The Hall–Kier alpha value is -3.43. The van der Waals surface area contributed by atoms with E-state index in [1.165, 1.54) is 43.1 Å². The first kappa shape index (κ1) is 30.1. The summed E-state index contributed by atoms with van der Waals surface area (Å²) in [4.78, 5) is 15.0. The fourth-order valence-corrected chi connectivity index (χ4v) is 7.59. The van der Waals surface area contributed by atoms with Gasteiger partial charge in [0.15, 0.2) is 0 Å². The average molecular weight is 619 g/mol. The SMILES string of the molecule is CC(C)NC1(c2ccccc2)[C]([Ru][Cl])=C(c2ccccc2)C(c2ccccc2)=C1c1ccccc1.[C]=O.[C]=O. The Labute approximate surface area is 243 Å². The Morgan fingerprint density at radius 2 is 1.00 bits per heavy atom. The zero-order valence-corrected chi connectivity index (χ0v) is 24.2. The maximum atomic E-state index is 7.50. The molecule has 0 saturated heterocycles. The molecule has 0 heterocycles. The molecule has 4 aromatic rings. The molecule has 0 bridgehead atoms. The summed E-state index contributed by atoms with van der Waals surface area (Å²) in [5.74, 6) is 0. The Morgan fingerprint density at radius 3 is 1.41 bits per heavy atom. The van der Waals surface area contributed by atoms with Crippen LogP contribution >= 0.6 is 9.69 Å². The summed E-state index contributed by atoms with van der Waals surface area (Å²) in [5.41, 5.74) is 8.07. The molecule has 5 heteroatoms. The van der Waals surface area contributed by atoms with Gasteiger partial charge in [0.05, 0.1) is 0 Å². The molecule has 196 valence electrons. The van der Waals surface area contributed by atoms with Gasteiger partial charge in [-0.15, -0.1) is 0 Å². The molecule has 0 aromatic heterocycles. The minimum absolute atomic E-state index is 0.236. The molecular formula is C34H28ClNO2Ru. The molecule has 0 saturated carbocycles. The number of nitrogens with one attached hydrogen (secondary N) is 1. The largest absolute Gasteiger partial charge is 0.281 e. The molecule has 0 fully saturated rings. The maximum Gasteiger partial charge on any atom is 0.281 e. The van der Waals surface area contributed by atoms with Crippen molar-refractivity contribution >= 4 is 40.0 Å². The maximum absolute atomic E-state index is 7.50. The van der Waals surface area contributed by atoms with Gasteiger partial charge in [0.2, 0.25) is 0 Å². The molecule has 1 N–H and O–H groups in total. The summed E-state index contributed by atoms with van der Waals surface area (Å²) < 4.78 is 1.27. The fourth-order valence-electron chi connectivity index (χ4n) is 5.13. The quantitative estimate of drug-likeness (QED) is 0.220. The smallest absolute Gasteiger partial charge is 0.281 e. The zero-order chi connectivity index (χ0) is 28.3. The second-order valence-corrected chi connectivity index (χ2v) is 11.0. The zero-order valence-electron chi connectivity index (χ0n) is 21.7. The Morgan fingerprint density at radius 1 is 0.615 bits per heavy atom. The minimum atomic E-state index is -0.580. The number of hydrogen-bond acceptors (Lipinski definition) is 3. The first-order valence-corrected chi connectivity index (χ1v) is 15.4. The van der Waals surface area contributed by atoms with Gasteiger partial charge in [-0.1, -0.05) is 0 Å². The molecule has 4 radical (unpaired) electrons. The van der Waals surface area contributed by atoms with E-state index in [9.17, 15) is 0 Å². The van der Waals surface area contributed by atoms with Crippen LogP contribution in [0.15, 0.2) is 125 Å². The average Bonchev–Trinajstić information content (AvgIpc) is 3.31. The molecule has 3 nitrogen and oxygen atoms in total.